The monoisotopic (exact) mass is 187 g/mol. The van der Waals surface area contributed by atoms with E-state index in [0.29, 0.717) is 0 Å². The van der Waals surface area contributed by atoms with Crippen LogP contribution in [-0.4, -0.2) is 27.0 Å². The Morgan fingerprint density at radius 1 is 1.54 bits per heavy atom. The first kappa shape index (κ1) is 10.1. The second kappa shape index (κ2) is 3.41. The number of nitrogens with zero attached hydrogens (tertiary/aromatic N) is 2. The van der Waals surface area contributed by atoms with Gasteiger partial charge in [-0.3, -0.25) is 0 Å². The van der Waals surface area contributed by atoms with Gasteiger partial charge in [0.1, 0.15) is 11.6 Å². The first-order valence-electron chi connectivity index (χ1n) is 3.88. The molecule has 4 N–H and O–H groups in total. The summed E-state index contributed by atoms with van der Waals surface area (Å²) in [7, 11) is 0. The first-order chi connectivity index (χ1) is 5.95. The van der Waals surface area contributed by atoms with Crippen LogP contribution in [-0.2, 0) is 5.60 Å². The van der Waals surface area contributed by atoms with Gasteiger partial charge in [-0.1, -0.05) is 0 Å². The van der Waals surface area contributed by atoms with E-state index in [1.807, 2.05) is 0 Å². The van der Waals surface area contributed by atoms with Gasteiger partial charge in [-0.15, -0.1) is 10.2 Å². The number of aliphatic hydroxyl groups is 2. The average Bonchev–Trinajstić information content (AvgIpc) is 2.50. The lowest BCUT2D eigenvalue weighted by Gasteiger charge is -2.10. The van der Waals surface area contributed by atoms with E-state index in [1.54, 1.807) is 0 Å². The Hall–Kier alpha value is -0.980. The number of hydrogen-bond acceptors (Lipinski definition) is 6. The largest absolute Gasteiger partial charge is 0.420 e. The summed E-state index contributed by atoms with van der Waals surface area (Å²) >= 11 is 0. The van der Waals surface area contributed by atoms with Gasteiger partial charge in [0, 0.05) is 0 Å². The molecule has 1 unspecified atom stereocenters. The van der Waals surface area contributed by atoms with Gasteiger partial charge < -0.3 is 20.4 Å². The van der Waals surface area contributed by atoms with Crippen molar-refractivity contribution in [3.63, 3.8) is 0 Å². The number of hydrogen-bond donors (Lipinski definition) is 3. The van der Waals surface area contributed by atoms with Crippen molar-refractivity contribution in [2.75, 3.05) is 6.61 Å². The Bertz CT molecular complexity index is 279. The summed E-state index contributed by atoms with van der Waals surface area (Å²) in [6, 6.07) is -0.691. The van der Waals surface area contributed by atoms with Crippen molar-refractivity contribution in [2.45, 2.75) is 25.5 Å². The Kier molecular flexibility index (Phi) is 2.65. The molecule has 1 aromatic rings. The second-order valence-corrected chi connectivity index (χ2v) is 3.29. The van der Waals surface area contributed by atoms with E-state index >= 15 is 0 Å². The van der Waals surface area contributed by atoms with Gasteiger partial charge in [-0.25, -0.2) is 0 Å². The van der Waals surface area contributed by atoms with Crippen LogP contribution in [0.4, 0.5) is 0 Å². The molecular weight excluding hydrogens is 174 g/mol. The Morgan fingerprint density at radius 2 is 2.15 bits per heavy atom. The highest BCUT2D eigenvalue weighted by atomic mass is 16.4. The van der Waals surface area contributed by atoms with Crippen molar-refractivity contribution in [3.8, 4) is 0 Å². The third kappa shape index (κ3) is 2.24. The summed E-state index contributed by atoms with van der Waals surface area (Å²) in [5.74, 6) is 0.214. The fraction of sp³-hybridized carbons (Fsp3) is 0.714. The predicted molar refractivity (Wildman–Crippen MR) is 43.6 cm³/mol. The highest BCUT2D eigenvalue weighted by Gasteiger charge is 2.25. The predicted octanol–water partition coefficient (Wildman–Crippen LogP) is -0.711. The van der Waals surface area contributed by atoms with Gasteiger partial charge in [0.25, 0.3) is 0 Å². The molecule has 1 aromatic heterocycles. The van der Waals surface area contributed by atoms with Crippen LogP contribution in [0.1, 0.15) is 31.7 Å². The lowest BCUT2D eigenvalue weighted by molar-refractivity contribution is 0.0461. The summed E-state index contributed by atoms with van der Waals surface area (Å²) < 4.78 is 5.04. The highest BCUT2D eigenvalue weighted by molar-refractivity contribution is 4.94. The molecule has 74 valence electrons. The van der Waals surface area contributed by atoms with E-state index in [1.165, 1.54) is 13.8 Å². The molecule has 0 aliphatic carbocycles. The number of nitrogens with two attached hydrogens (primary N) is 1. The topological polar surface area (TPSA) is 105 Å². The molecule has 1 atom stereocenters. The van der Waals surface area contributed by atoms with Crippen LogP contribution in [0.5, 0.6) is 0 Å². The Morgan fingerprint density at radius 3 is 2.54 bits per heavy atom. The molecule has 0 aliphatic heterocycles. The van der Waals surface area contributed by atoms with Crippen molar-refractivity contribution >= 4 is 0 Å². The minimum absolute atomic E-state index is 0.0893. The molecule has 13 heavy (non-hydrogen) atoms. The molecule has 0 saturated carbocycles. The van der Waals surface area contributed by atoms with Crippen molar-refractivity contribution in [1.29, 1.82) is 0 Å². The van der Waals surface area contributed by atoms with Gasteiger partial charge >= 0.3 is 0 Å². The van der Waals surface area contributed by atoms with E-state index in [4.69, 9.17) is 15.3 Å². The van der Waals surface area contributed by atoms with Crippen LogP contribution < -0.4 is 5.73 Å². The lowest BCUT2D eigenvalue weighted by Crippen LogP contribution is -2.16. The molecule has 6 heteroatoms. The van der Waals surface area contributed by atoms with E-state index in [-0.39, 0.29) is 18.4 Å². The fourth-order valence-corrected chi connectivity index (χ4v) is 0.710. The zero-order chi connectivity index (χ0) is 10.1. The van der Waals surface area contributed by atoms with Gasteiger partial charge in [0.15, 0.2) is 0 Å². The van der Waals surface area contributed by atoms with Gasteiger partial charge in [0.2, 0.25) is 11.8 Å². The highest BCUT2D eigenvalue weighted by Crippen LogP contribution is 2.19. The van der Waals surface area contributed by atoms with Crippen molar-refractivity contribution in [1.82, 2.24) is 10.2 Å². The minimum atomic E-state index is -1.18. The first-order valence-corrected chi connectivity index (χ1v) is 3.88. The summed E-state index contributed by atoms with van der Waals surface area (Å²) in [5.41, 5.74) is 4.24. The Balaban J connectivity index is 2.87. The standard InChI is InChI=1S/C7H13N3O3/c1-7(2,12)6-10-9-5(13-6)4(8)3-11/h4,11-12H,3,8H2,1-2H3. The van der Waals surface area contributed by atoms with E-state index in [0.717, 1.165) is 0 Å². The molecule has 0 aromatic carbocycles. The zero-order valence-electron chi connectivity index (χ0n) is 7.56. The maximum Gasteiger partial charge on any atom is 0.247 e. The maximum atomic E-state index is 9.46. The fourth-order valence-electron chi connectivity index (χ4n) is 0.710. The minimum Gasteiger partial charge on any atom is -0.420 e. The maximum absolute atomic E-state index is 9.46. The second-order valence-electron chi connectivity index (χ2n) is 3.29. The van der Waals surface area contributed by atoms with Crippen LogP contribution in [0.15, 0.2) is 4.42 Å². The molecule has 0 radical (unpaired) electrons. The van der Waals surface area contributed by atoms with Gasteiger partial charge in [-0.05, 0) is 13.8 Å². The smallest absolute Gasteiger partial charge is 0.247 e. The molecule has 0 spiro atoms. The van der Waals surface area contributed by atoms with Crippen LogP contribution in [0.3, 0.4) is 0 Å². The number of rotatable bonds is 3. The van der Waals surface area contributed by atoms with E-state index in [2.05, 4.69) is 10.2 Å². The molecular formula is C7H13N3O3. The molecule has 0 aliphatic rings. The molecule has 0 amide bonds. The molecule has 1 heterocycles. The van der Waals surface area contributed by atoms with Crippen molar-refractivity contribution in [2.24, 2.45) is 5.73 Å². The average molecular weight is 187 g/mol. The van der Waals surface area contributed by atoms with Gasteiger partial charge in [-0.2, -0.15) is 0 Å². The summed E-state index contributed by atoms with van der Waals surface area (Å²) in [6.07, 6.45) is 0. The van der Waals surface area contributed by atoms with Gasteiger partial charge in [0.05, 0.1) is 6.61 Å². The Labute approximate surface area is 75.4 Å². The SMILES string of the molecule is CC(C)(O)c1nnc(C(N)CO)o1. The summed E-state index contributed by atoms with van der Waals surface area (Å²) in [5, 5.41) is 25.3. The van der Waals surface area contributed by atoms with Crippen molar-refractivity contribution < 1.29 is 14.6 Å². The normalized spacial score (nSPS) is 14.5. The molecule has 0 fully saturated rings. The zero-order valence-corrected chi connectivity index (χ0v) is 7.56. The quantitative estimate of drug-likeness (QED) is 0.577. The third-order valence-electron chi connectivity index (χ3n) is 1.48. The molecule has 0 bridgehead atoms. The van der Waals surface area contributed by atoms with Crippen LogP contribution in [0.2, 0.25) is 0 Å². The summed E-state index contributed by atoms with van der Waals surface area (Å²) in [4.78, 5) is 0. The van der Waals surface area contributed by atoms with E-state index < -0.39 is 11.6 Å². The van der Waals surface area contributed by atoms with Crippen LogP contribution in [0, 0.1) is 0 Å². The van der Waals surface area contributed by atoms with E-state index in [9.17, 15) is 5.11 Å². The number of aromatic nitrogens is 2. The number of aliphatic hydroxyl groups excluding tert-OH is 1. The summed E-state index contributed by atoms with van der Waals surface area (Å²) in [6.45, 7) is 2.77. The van der Waals surface area contributed by atoms with Crippen molar-refractivity contribution in [3.05, 3.63) is 11.8 Å². The molecule has 1 rings (SSSR count). The third-order valence-corrected chi connectivity index (χ3v) is 1.48. The molecule has 0 saturated heterocycles. The van der Waals surface area contributed by atoms with Crippen LogP contribution in [0.25, 0.3) is 0 Å². The lowest BCUT2D eigenvalue weighted by atomic mass is 10.1. The van der Waals surface area contributed by atoms with Crippen LogP contribution >= 0.6 is 0 Å². The molecule has 6 nitrogen and oxygen atoms in total.